The van der Waals surface area contributed by atoms with E-state index in [1.807, 2.05) is 13.0 Å². The predicted molar refractivity (Wildman–Crippen MR) is 71.5 cm³/mol. The van der Waals surface area contributed by atoms with Crippen LogP contribution in [-0.2, 0) is 6.54 Å². The molecule has 0 spiro atoms. The monoisotopic (exact) mass is 237 g/mol. The van der Waals surface area contributed by atoms with Crippen molar-refractivity contribution in [1.82, 2.24) is 14.8 Å². The van der Waals surface area contributed by atoms with E-state index in [1.165, 1.54) is 0 Å². The third-order valence-electron chi connectivity index (χ3n) is 2.74. The highest BCUT2D eigenvalue weighted by molar-refractivity contribution is 5.04. The van der Waals surface area contributed by atoms with Gasteiger partial charge in [0, 0.05) is 24.8 Å². The topological polar surface area (TPSA) is 37.3 Å². The summed E-state index contributed by atoms with van der Waals surface area (Å²) in [6, 6.07) is 5.38. The van der Waals surface area contributed by atoms with Gasteiger partial charge in [0.05, 0.1) is 0 Å². The Morgan fingerprint density at radius 1 is 1.29 bits per heavy atom. The molecule has 0 aromatic carbocycles. The Labute approximate surface area is 103 Å². The summed E-state index contributed by atoms with van der Waals surface area (Å²) >= 11 is 0. The maximum atomic E-state index is 11.6. The fraction of sp³-hybridized carbons (Fsp3) is 0.615. The molecule has 1 heterocycles. The van der Waals surface area contributed by atoms with Crippen molar-refractivity contribution in [2.24, 2.45) is 0 Å². The highest BCUT2D eigenvalue weighted by Crippen LogP contribution is 1.92. The summed E-state index contributed by atoms with van der Waals surface area (Å²) in [4.78, 5) is 13.8. The minimum Gasteiger partial charge on any atom is -0.315 e. The van der Waals surface area contributed by atoms with Crippen LogP contribution < -0.4 is 10.9 Å². The minimum atomic E-state index is 0.0834. The number of nitrogens with zero attached hydrogens (tertiary/aromatic N) is 2. The maximum Gasteiger partial charge on any atom is 0.250 e. The second-order valence-electron chi connectivity index (χ2n) is 4.56. The summed E-state index contributed by atoms with van der Waals surface area (Å²) in [5, 5.41) is 3.36. The Bertz CT molecular complexity index is 384. The zero-order chi connectivity index (χ0) is 12.7. The van der Waals surface area contributed by atoms with E-state index < -0.39 is 0 Å². The lowest BCUT2D eigenvalue weighted by Gasteiger charge is -2.11. The molecule has 0 fully saturated rings. The molecule has 1 aromatic heterocycles. The van der Waals surface area contributed by atoms with E-state index in [9.17, 15) is 4.79 Å². The molecular formula is C13H23N3O. The van der Waals surface area contributed by atoms with E-state index in [2.05, 4.69) is 24.3 Å². The van der Waals surface area contributed by atoms with Gasteiger partial charge in [0.15, 0.2) is 0 Å². The largest absolute Gasteiger partial charge is 0.315 e. The average Bonchev–Trinajstić information content (AvgIpc) is 2.26. The predicted octanol–water partition coefficient (Wildman–Crippen LogP) is 0.698. The Balaban J connectivity index is 2.25. The zero-order valence-corrected chi connectivity index (χ0v) is 11.1. The van der Waals surface area contributed by atoms with Crippen LogP contribution in [-0.4, -0.2) is 43.2 Å². The highest BCUT2D eigenvalue weighted by Gasteiger charge is 1.98. The summed E-state index contributed by atoms with van der Waals surface area (Å²) < 4.78 is 1.80. The molecule has 0 amide bonds. The zero-order valence-electron chi connectivity index (χ0n) is 11.1. The van der Waals surface area contributed by atoms with Crippen molar-refractivity contribution in [3.8, 4) is 0 Å². The van der Waals surface area contributed by atoms with Crippen molar-refractivity contribution in [2.45, 2.75) is 19.9 Å². The molecular weight excluding hydrogens is 214 g/mol. The third-order valence-corrected chi connectivity index (χ3v) is 2.74. The van der Waals surface area contributed by atoms with Gasteiger partial charge in [-0.3, -0.25) is 4.79 Å². The maximum absolute atomic E-state index is 11.6. The Morgan fingerprint density at radius 2 is 2.06 bits per heavy atom. The molecule has 4 heteroatoms. The molecule has 17 heavy (non-hydrogen) atoms. The SMILES string of the molecule is Cc1cccc(=O)n1CCNCCCN(C)C. The molecule has 1 rings (SSSR count). The second kappa shape index (κ2) is 7.25. The summed E-state index contributed by atoms with van der Waals surface area (Å²) in [5.41, 5.74) is 1.10. The molecule has 0 aliphatic heterocycles. The van der Waals surface area contributed by atoms with Crippen molar-refractivity contribution in [1.29, 1.82) is 0 Å². The van der Waals surface area contributed by atoms with E-state index in [1.54, 1.807) is 16.7 Å². The number of hydrogen-bond acceptors (Lipinski definition) is 3. The molecule has 96 valence electrons. The molecule has 0 bridgehead atoms. The van der Waals surface area contributed by atoms with Gasteiger partial charge in [0.25, 0.3) is 5.56 Å². The quantitative estimate of drug-likeness (QED) is 0.709. The molecule has 1 N–H and O–H groups in total. The normalized spacial score (nSPS) is 11.1. The lowest BCUT2D eigenvalue weighted by molar-refractivity contribution is 0.393. The number of hydrogen-bond donors (Lipinski definition) is 1. The van der Waals surface area contributed by atoms with Crippen LogP contribution in [0.3, 0.4) is 0 Å². The fourth-order valence-electron chi connectivity index (χ4n) is 1.75. The number of pyridine rings is 1. The van der Waals surface area contributed by atoms with Crippen molar-refractivity contribution >= 4 is 0 Å². The molecule has 0 unspecified atom stereocenters. The minimum absolute atomic E-state index is 0.0834. The third kappa shape index (κ3) is 5.15. The smallest absolute Gasteiger partial charge is 0.250 e. The first kappa shape index (κ1) is 13.9. The fourth-order valence-corrected chi connectivity index (χ4v) is 1.75. The van der Waals surface area contributed by atoms with E-state index >= 15 is 0 Å². The van der Waals surface area contributed by atoms with Crippen LogP contribution in [0.5, 0.6) is 0 Å². The van der Waals surface area contributed by atoms with Gasteiger partial charge in [-0.05, 0) is 46.6 Å². The highest BCUT2D eigenvalue weighted by atomic mass is 16.1. The summed E-state index contributed by atoms with van der Waals surface area (Å²) in [5.74, 6) is 0. The summed E-state index contributed by atoms with van der Waals surface area (Å²) in [6.07, 6.45) is 1.13. The van der Waals surface area contributed by atoms with E-state index in [-0.39, 0.29) is 5.56 Å². The molecule has 0 radical (unpaired) electrons. The van der Waals surface area contributed by atoms with Crippen LogP contribution >= 0.6 is 0 Å². The lowest BCUT2D eigenvalue weighted by Crippen LogP contribution is -2.29. The Kier molecular flexibility index (Phi) is 5.94. The van der Waals surface area contributed by atoms with E-state index in [4.69, 9.17) is 0 Å². The van der Waals surface area contributed by atoms with Crippen LogP contribution in [0, 0.1) is 6.92 Å². The van der Waals surface area contributed by atoms with Gasteiger partial charge in [-0.15, -0.1) is 0 Å². The number of aryl methyl sites for hydroxylation is 1. The van der Waals surface area contributed by atoms with Gasteiger partial charge >= 0.3 is 0 Å². The molecule has 0 saturated carbocycles. The van der Waals surface area contributed by atoms with Gasteiger partial charge in [-0.1, -0.05) is 6.07 Å². The van der Waals surface area contributed by atoms with E-state index in [0.717, 1.165) is 38.3 Å². The standard InChI is InChI=1S/C13H23N3O/c1-12-6-4-7-13(17)16(12)11-9-14-8-5-10-15(2)3/h4,6-7,14H,5,8-11H2,1-3H3. The van der Waals surface area contributed by atoms with Crippen LogP contribution in [0.15, 0.2) is 23.0 Å². The van der Waals surface area contributed by atoms with Gasteiger partial charge in [-0.25, -0.2) is 0 Å². The second-order valence-corrected chi connectivity index (χ2v) is 4.56. The van der Waals surface area contributed by atoms with Gasteiger partial charge in [0.2, 0.25) is 0 Å². The van der Waals surface area contributed by atoms with Crippen LogP contribution in [0.4, 0.5) is 0 Å². The molecule has 0 aliphatic rings. The first-order chi connectivity index (χ1) is 8.11. The molecule has 1 aromatic rings. The number of rotatable bonds is 7. The van der Waals surface area contributed by atoms with E-state index in [0.29, 0.717) is 0 Å². The van der Waals surface area contributed by atoms with Gasteiger partial charge in [0.1, 0.15) is 0 Å². The molecule has 0 saturated heterocycles. The van der Waals surface area contributed by atoms with Crippen molar-refractivity contribution < 1.29 is 0 Å². The summed E-state index contributed by atoms with van der Waals surface area (Å²) in [6.45, 7) is 5.65. The molecule has 4 nitrogen and oxygen atoms in total. The summed E-state index contributed by atoms with van der Waals surface area (Å²) in [7, 11) is 4.15. The van der Waals surface area contributed by atoms with Gasteiger partial charge < -0.3 is 14.8 Å². The van der Waals surface area contributed by atoms with Gasteiger partial charge in [-0.2, -0.15) is 0 Å². The van der Waals surface area contributed by atoms with Crippen molar-refractivity contribution in [2.75, 3.05) is 33.7 Å². The van der Waals surface area contributed by atoms with Crippen LogP contribution in [0.25, 0.3) is 0 Å². The average molecular weight is 237 g/mol. The molecule has 0 aliphatic carbocycles. The number of nitrogens with one attached hydrogen (secondary N) is 1. The molecule has 0 atom stereocenters. The van der Waals surface area contributed by atoms with Crippen LogP contribution in [0.1, 0.15) is 12.1 Å². The first-order valence-electron chi connectivity index (χ1n) is 6.13. The first-order valence-corrected chi connectivity index (χ1v) is 6.13. The number of aromatic nitrogens is 1. The Hall–Kier alpha value is -1.13. The lowest BCUT2D eigenvalue weighted by atomic mass is 10.3. The Morgan fingerprint density at radius 3 is 2.71 bits per heavy atom. The van der Waals surface area contributed by atoms with Crippen molar-refractivity contribution in [3.05, 3.63) is 34.2 Å². The van der Waals surface area contributed by atoms with Crippen molar-refractivity contribution in [3.63, 3.8) is 0 Å². The van der Waals surface area contributed by atoms with Crippen LogP contribution in [0.2, 0.25) is 0 Å².